The van der Waals surface area contributed by atoms with Crippen LogP contribution in [0.15, 0.2) is 0 Å². The quantitative estimate of drug-likeness (QED) is 0.734. The highest BCUT2D eigenvalue weighted by Gasteiger charge is 2.35. The topological polar surface area (TPSA) is 20.3 Å². The summed E-state index contributed by atoms with van der Waals surface area (Å²) in [6, 6.07) is 0.714. The zero-order chi connectivity index (χ0) is 13.9. The number of alkyl halides is 1. The first-order chi connectivity index (χ1) is 9.74. The van der Waals surface area contributed by atoms with Crippen LogP contribution in [-0.4, -0.2) is 35.2 Å². The SMILES string of the molecule is O=C(CN1CCCC2CCCCC21)C1CCC(Cl)CC1. The summed E-state index contributed by atoms with van der Waals surface area (Å²) >= 11 is 6.15. The van der Waals surface area contributed by atoms with Gasteiger partial charge in [-0.1, -0.05) is 12.8 Å². The fourth-order valence-electron chi connectivity index (χ4n) is 4.63. The van der Waals surface area contributed by atoms with Crippen molar-refractivity contribution in [2.75, 3.05) is 13.1 Å². The predicted molar refractivity (Wildman–Crippen MR) is 83.2 cm³/mol. The smallest absolute Gasteiger partial charge is 0.149 e. The van der Waals surface area contributed by atoms with Gasteiger partial charge in [0.05, 0.1) is 6.54 Å². The van der Waals surface area contributed by atoms with Crippen LogP contribution < -0.4 is 0 Å². The normalized spacial score (nSPS) is 39.2. The molecule has 3 aliphatic rings. The highest BCUT2D eigenvalue weighted by molar-refractivity contribution is 6.20. The Labute approximate surface area is 128 Å². The van der Waals surface area contributed by atoms with E-state index in [-0.39, 0.29) is 0 Å². The van der Waals surface area contributed by atoms with Crippen LogP contribution in [0.2, 0.25) is 0 Å². The second kappa shape index (κ2) is 6.79. The van der Waals surface area contributed by atoms with Gasteiger partial charge >= 0.3 is 0 Å². The van der Waals surface area contributed by atoms with Gasteiger partial charge in [-0.05, 0) is 63.8 Å². The Bertz CT molecular complexity index is 336. The van der Waals surface area contributed by atoms with Gasteiger partial charge in [0.2, 0.25) is 0 Å². The Morgan fingerprint density at radius 2 is 1.65 bits per heavy atom. The highest BCUT2D eigenvalue weighted by atomic mass is 35.5. The van der Waals surface area contributed by atoms with Crippen LogP contribution in [0, 0.1) is 11.8 Å². The van der Waals surface area contributed by atoms with Crippen LogP contribution in [-0.2, 0) is 4.79 Å². The van der Waals surface area contributed by atoms with Crippen molar-refractivity contribution in [3.63, 3.8) is 0 Å². The second-order valence-corrected chi connectivity index (χ2v) is 7.76. The molecule has 3 fully saturated rings. The minimum absolute atomic E-state index is 0.300. The summed E-state index contributed by atoms with van der Waals surface area (Å²) in [4.78, 5) is 15.1. The third-order valence-electron chi connectivity index (χ3n) is 5.83. The highest BCUT2D eigenvalue weighted by Crippen LogP contribution is 2.36. The number of carbonyl (C=O) groups is 1. The van der Waals surface area contributed by atoms with E-state index in [1.54, 1.807) is 0 Å². The number of rotatable bonds is 3. The number of carbonyl (C=O) groups excluding carboxylic acids is 1. The molecule has 2 unspecified atom stereocenters. The van der Waals surface area contributed by atoms with Crippen molar-refractivity contribution in [2.45, 2.75) is 75.6 Å². The molecule has 114 valence electrons. The van der Waals surface area contributed by atoms with Gasteiger partial charge in [-0.15, -0.1) is 11.6 Å². The molecule has 0 aromatic heterocycles. The van der Waals surface area contributed by atoms with E-state index in [0.717, 1.165) is 44.7 Å². The number of hydrogen-bond acceptors (Lipinski definition) is 2. The molecule has 3 heteroatoms. The number of halogens is 1. The summed E-state index contributed by atoms with van der Waals surface area (Å²) in [6.45, 7) is 1.87. The lowest BCUT2D eigenvalue weighted by Gasteiger charge is -2.44. The third kappa shape index (κ3) is 3.39. The Morgan fingerprint density at radius 3 is 2.45 bits per heavy atom. The lowest BCUT2D eigenvalue weighted by Crippen LogP contribution is -2.49. The molecule has 2 saturated carbocycles. The maximum absolute atomic E-state index is 12.6. The summed E-state index contributed by atoms with van der Waals surface area (Å²) in [7, 11) is 0. The molecule has 20 heavy (non-hydrogen) atoms. The van der Waals surface area contributed by atoms with Crippen LogP contribution in [0.1, 0.15) is 64.2 Å². The molecule has 3 rings (SSSR count). The van der Waals surface area contributed by atoms with Gasteiger partial charge in [-0.3, -0.25) is 9.69 Å². The largest absolute Gasteiger partial charge is 0.298 e. The van der Waals surface area contributed by atoms with Crippen molar-refractivity contribution in [1.29, 1.82) is 0 Å². The Morgan fingerprint density at radius 1 is 0.950 bits per heavy atom. The predicted octanol–water partition coefficient (Wildman–Crippen LogP) is 4.01. The molecule has 2 atom stereocenters. The van der Waals surface area contributed by atoms with Crippen LogP contribution in [0.4, 0.5) is 0 Å². The van der Waals surface area contributed by atoms with E-state index >= 15 is 0 Å². The van der Waals surface area contributed by atoms with Crippen molar-refractivity contribution in [2.24, 2.45) is 11.8 Å². The van der Waals surface area contributed by atoms with Crippen molar-refractivity contribution < 1.29 is 4.79 Å². The van der Waals surface area contributed by atoms with Gasteiger partial charge in [0.25, 0.3) is 0 Å². The Hall–Kier alpha value is -0.0800. The summed E-state index contributed by atoms with van der Waals surface area (Å²) in [5.41, 5.74) is 0. The van der Waals surface area contributed by atoms with Crippen LogP contribution in [0.3, 0.4) is 0 Å². The average Bonchev–Trinajstić information content (AvgIpc) is 2.48. The zero-order valence-electron chi connectivity index (χ0n) is 12.5. The van der Waals surface area contributed by atoms with Crippen LogP contribution >= 0.6 is 11.6 Å². The first-order valence-electron chi connectivity index (χ1n) is 8.65. The molecule has 0 radical (unpaired) electrons. The third-order valence-corrected chi connectivity index (χ3v) is 6.27. The lowest BCUT2D eigenvalue weighted by molar-refractivity contribution is -0.126. The minimum Gasteiger partial charge on any atom is -0.298 e. The lowest BCUT2D eigenvalue weighted by atomic mass is 9.78. The summed E-state index contributed by atoms with van der Waals surface area (Å²) < 4.78 is 0. The molecule has 0 N–H and O–H groups in total. The molecular formula is C17H28ClNO. The first-order valence-corrected chi connectivity index (χ1v) is 9.08. The van der Waals surface area contributed by atoms with E-state index in [9.17, 15) is 4.79 Å². The van der Waals surface area contributed by atoms with Gasteiger partial charge in [0.15, 0.2) is 0 Å². The van der Waals surface area contributed by atoms with Crippen LogP contribution in [0.5, 0.6) is 0 Å². The summed E-state index contributed by atoms with van der Waals surface area (Å²) in [6.07, 6.45) is 12.3. The van der Waals surface area contributed by atoms with E-state index < -0.39 is 0 Å². The molecule has 2 nitrogen and oxygen atoms in total. The number of hydrogen-bond donors (Lipinski definition) is 0. The van der Waals surface area contributed by atoms with Crippen molar-refractivity contribution >= 4 is 17.4 Å². The minimum atomic E-state index is 0.300. The molecule has 0 aromatic rings. The second-order valence-electron chi connectivity index (χ2n) is 7.14. The first kappa shape index (κ1) is 14.8. The number of piperidine rings is 1. The number of likely N-dealkylation sites (tertiary alicyclic amines) is 1. The number of ketones is 1. The van der Waals surface area contributed by atoms with E-state index in [4.69, 9.17) is 11.6 Å². The molecule has 0 amide bonds. The molecule has 0 aromatic carbocycles. The Balaban J connectivity index is 1.54. The standard InChI is InChI=1S/C17H28ClNO/c18-15-9-7-14(8-10-15)17(20)12-19-11-3-5-13-4-1-2-6-16(13)19/h13-16H,1-12H2. The summed E-state index contributed by atoms with van der Waals surface area (Å²) in [5.74, 6) is 1.68. The van der Waals surface area contributed by atoms with E-state index in [2.05, 4.69) is 4.90 Å². The van der Waals surface area contributed by atoms with Gasteiger partial charge < -0.3 is 0 Å². The fraction of sp³-hybridized carbons (Fsp3) is 0.941. The van der Waals surface area contributed by atoms with Gasteiger partial charge in [-0.25, -0.2) is 0 Å². The maximum Gasteiger partial charge on any atom is 0.149 e. The van der Waals surface area contributed by atoms with Gasteiger partial charge in [-0.2, -0.15) is 0 Å². The van der Waals surface area contributed by atoms with E-state index in [1.807, 2.05) is 0 Å². The van der Waals surface area contributed by atoms with Crippen molar-refractivity contribution in [3.05, 3.63) is 0 Å². The molecular weight excluding hydrogens is 270 g/mol. The molecule has 1 aliphatic heterocycles. The van der Waals surface area contributed by atoms with E-state index in [1.165, 1.54) is 38.5 Å². The molecule has 0 spiro atoms. The summed E-state index contributed by atoms with van der Waals surface area (Å²) in [5, 5.41) is 0.316. The van der Waals surface area contributed by atoms with Gasteiger partial charge in [0.1, 0.15) is 5.78 Å². The molecule has 2 aliphatic carbocycles. The maximum atomic E-state index is 12.6. The molecule has 1 heterocycles. The van der Waals surface area contributed by atoms with E-state index in [0.29, 0.717) is 23.1 Å². The van der Waals surface area contributed by atoms with Crippen LogP contribution in [0.25, 0.3) is 0 Å². The monoisotopic (exact) mass is 297 g/mol. The number of fused-ring (bicyclic) bond motifs is 1. The average molecular weight is 298 g/mol. The van der Waals surface area contributed by atoms with Gasteiger partial charge in [0, 0.05) is 17.3 Å². The molecule has 0 bridgehead atoms. The fourth-order valence-corrected chi connectivity index (χ4v) is 4.88. The number of Topliss-reactive ketones (excluding diaryl/α,β-unsaturated/α-hetero) is 1. The Kier molecular flexibility index (Phi) is 5.04. The zero-order valence-corrected chi connectivity index (χ0v) is 13.3. The van der Waals surface area contributed by atoms with Crippen molar-refractivity contribution in [3.8, 4) is 0 Å². The van der Waals surface area contributed by atoms with Crippen molar-refractivity contribution in [1.82, 2.24) is 4.90 Å². The molecule has 1 saturated heterocycles. The number of nitrogens with zero attached hydrogens (tertiary/aromatic N) is 1.